The molecule has 1 N–H and O–H groups in total. The van der Waals surface area contributed by atoms with Crippen molar-refractivity contribution in [3.05, 3.63) is 70.1 Å². The number of fused-ring (bicyclic) bond motifs is 1. The summed E-state index contributed by atoms with van der Waals surface area (Å²) in [6.07, 6.45) is 3.09. The van der Waals surface area contributed by atoms with Crippen molar-refractivity contribution in [1.29, 1.82) is 5.26 Å². The van der Waals surface area contributed by atoms with Crippen LogP contribution < -0.4 is 14.5 Å². The monoisotopic (exact) mass is 599 g/mol. The Morgan fingerprint density at radius 1 is 1.07 bits per heavy atom. The predicted octanol–water partition coefficient (Wildman–Crippen LogP) is 3.95. The van der Waals surface area contributed by atoms with Crippen LogP contribution in [0.1, 0.15) is 24.5 Å². The van der Waals surface area contributed by atoms with Gasteiger partial charge in [-0.1, -0.05) is 11.6 Å². The standard InChI is InChI=1S/C27H27Cl2N7O3S/c1-18(36-10-2-3-19-15-21(28)4-9-24(19)36)26(37)35-13-11-34(12-14-35)22-5-7-23(8-6-22)40(38,39)33-25-20(16-30)17-31-27(29)32-25/h4-9,15,17-18H,2-3,10-14H2,1H3,(H,31,32,33)/t18-/m0/s1. The maximum Gasteiger partial charge on any atom is 0.263 e. The van der Waals surface area contributed by atoms with Crippen LogP contribution in [0.5, 0.6) is 0 Å². The van der Waals surface area contributed by atoms with E-state index in [4.69, 9.17) is 23.2 Å². The molecule has 2 aromatic carbocycles. The number of nitriles is 1. The molecule has 0 aliphatic carbocycles. The highest BCUT2D eigenvalue weighted by Crippen LogP contribution is 2.31. The van der Waals surface area contributed by atoms with Gasteiger partial charge < -0.3 is 14.7 Å². The number of hydrogen-bond acceptors (Lipinski definition) is 8. The van der Waals surface area contributed by atoms with Crippen molar-refractivity contribution in [1.82, 2.24) is 14.9 Å². The highest BCUT2D eigenvalue weighted by atomic mass is 35.5. The molecule has 1 fully saturated rings. The second kappa shape index (κ2) is 11.5. The molecule has 40 heavy (non-hydrogen) atoms. The van der Waals surface area contributed by atoms with Crippen LogP contribution in [-0.4, -0.2) is 68.0 Å². The van der Waals surface area contributed by atoms with E-state index in [0.717, 1.165) is 37.0 Å². The number of sulfonamides is 1. The van der Waals surface area contributed by atoms with Gasteiger partial charge in [0.25, 0.3) is 10.0 Å². The van der Waals surface area contributed by atoms with E-state index >= 15 is 0 Å². The van der Waals surface area contributed by atoms with Crippen LogP contribution in [0, 0.1) is 11.3 Å². The highest BCUT2D eigenvalue weighted by molar-refractivity contribution is 7.92. The van der Waals surface area contributed by atoms with Crippen molar-refractivity contribution >= 4 is 56.3 Å². The van der Waals surface area contributed by atoms with Gasteiger partial charge in [-0.25, -0.2) is 13.4 Å². The lowest BCUT2D eigenvalue weighted by Gasteiger charge is -2.41. The van der Waals surface area contributed by atoms with Gasteiger partial charge in [0, 0.05) is 49.1 Å². The molecule has 1 atom stereocenters. The van der Waals surface area contributed by atoms with Gasteiger partial charge in [-0.3, -0.25) is 9.52 Å². The summed E-state index contributed by atoms with van der Waals surface area (Å²) in [4.78, 5) is 27.1. The first kappa shape index (κ1) is 28.0. The first-order chi connectivity index (χ1) is 19.2. The van der Waals surface area contributed by atoms with Gasteiger partial charge in [0.15, 0.2) is 5.82 Å². The Kier molecular flexibility index (Phi) is 8.03. The maximum atomic E-state index is 13.4. The van der Waals surface area contributed by atoms with E-state index in [9.17, 15) is 18.5 Å². The Bertz CT molecular complexity index is 1570. The summed E-state index contributed by atoms with van der Waals surface area (Å²) < 4.78 is 28.1. The summed E-state index contributed by atoms with van der Waals surface area (Å²) in [6, 6.07) is 13.9. The van der Waals surface area contributed by atoms with E-state index in [1.165, 1.54) is 17.7 Å². The summed E-state index contributed by atoms with van der Waals surface area (Å²) in [6.45, 7) is 5.17. The predicted molar refractivity (Wildman–Crippen MR) is 154 cm³/mol. The molecule has 0 bridgehead atoms. The fourth-order valence-electron chi connectivity index (χ4n) is 5.12. The number of amides is 1. The average Bonchev–Trinajstić information content (AvgIpc) is 2.96. The topological polar surface area (TPSA) is 123 Å². The lowest BCUT2D eigenvalue weighted by Crippen LogP contribution is -2.55. The molecule has 1 amide bonds. The van der Waals surface area contributed by atoms with Crippen molar-refractivity contribution in [2.24, 2.45) is 0 Å². The number of piperazine rings is 1. The van der Waals surface area contributed by atoms with Crippen LogP contribution >= 0.6 is 23.2 Å². The minimum absolute atomic E-state index is 0.0145. The van der Waals surface area contributed by atoms with Crippen LogP contribution in [0.15, 0.2) is 53.6 Å². The van der Waals surface area contributed by atoms with Crippen molar-refractivity contribution in [2.45, 2.75) is 30.7 Å². The molecule has 2 aliphatic rings. The molecule has 5 rings (SSSR count). The van der Waals surface area contributed by atoms with Crippen molar-refractivity contribution < 1.29 is 13.2 Å². The second-order valence-corrected chi connectivity index (χ2v) is 12.1. The molecular formula is C27H27Cl2N7O3S. The molecule has 208 valence electrons. The molecule has 3 heterocycles. The number of carbonyl (C=O) groups is 1. The smallest absolute Gasteiger partial charge is 0.263 e. The zero-order valence-electron chi connectivity index (χ0n) is 21.7. The van der Waals surface area contributed by atoms with Gasteiger partial charge in [0.1, 0.15) is 17.7 Å². The van der Waals surface area contributed by atoms with Gasteiger partial charge in [0.05, 0.1) is 11.1 Å². The molecule has 0 unspecified atom stereocenters. The van der Waals surface area contributed by atoms with Gasteiger partial charge in [-0.05, 0) is 79.4 Å². The normalized spacial score (nSPS) is 16.2. The molecule has 0 spiro atoms. The number of halogens is 2. The Morgan fingerprint density at radius 3 is 2.50 bits per heavy atom. The quantitative estimate of drug-likeness (QED) is 0.423. The van der Waals surface area contributed by atoms with Crippen molar-refractivity contribution in [3.63, 3.8) is 0 Å². The number of hydrogen-bond donors (Lipinski definition) is 1. The summed E-state index contributed by atoms with van der Waals surface area (Å²) in [5, 5.41) is 9.74. The van der Waals surface area contributed by atoms with Gasteiger partial charge in [-0.2, -0.15) is 10.2 Å². The molecule has 2 aliphatic heterocycles. The third kappa shape index (κ3) is 5.80. The summed E-state index contributed by atoms with van der Waals surface area (Å²) in [5.74, 6) is -0.0880. The number of benzene rings is 2. The third-order valence-electron chi connectivity index (χ3n) is 7.24. The summed E-state index contributed by atoms with van der Waals surface area (Å²) >= 11 is 11.9. The first-order valence-electron chi connectivity index (χ1n) is 12.8. The van der Waals surface area contributed by atoms with E-state index in [1.807, 2.05) is 36.1 Å². The van der Waals surface area contributed by atoms with E-state index < -0.39 is 10.0 Å². The number of aryl methyl sites for hydroxylation is 1. The number of nitrogens with zero attached hydrogens (tertiary/aromatic N) is 6. The minimum atomic E-state index is -4.01. The average molecular weight is 601 g/mol. The Hall–Kier alpha value is -3.59. The third-order valence-corrected chi connectivity index (χ3v) is 9.01. The number of rotatable bonds is 6. The Balaban J connectivity index is 1.21. The zero-order valence-corrected chi connectivity index (χ0v) is 24.0. The molecule has 10 nitrogen and oxygen atoms in total. The number of aromatic nitrogens is 2. The molecule has 0 radical (unpaired) electrons. The summed E-state index contributed by atoms with van der Waals surface area (Å²) in [7, 11) is -4.01. The van der Waals surface area contributed by atoms with Crippen LogP contribution in [0.4, 0.5) is 17.2 Å². The number of anilines is 3. The molecule has 3 aromatic rings. The van der Waals surface area contributed by atoms with Crippen molar-refractivity contribution in [2.75, 3.05) is 47.2 Å². The fourth-order valence-corrected chi connectivity index (χ4v) is 6.47. The number of carbonyl (C=O) groups excluding carboxylic acids is 1. The Labute approximate surface area is 243 Å². The van der Waals surface area contributed by atoms with Crippen LogP contribution in [0.3, 0.4) is 0 Å². The van der Waals surface area contributed by atoms with E-state index in [2.05, 4.69) is 24.5 Å². The Morgan fingerprint density at radius 2 is 1.80 bits per heavy atom. The van der Waals surface area contributed by atoms with Gasteiger partial charge in [0.2, 0.25) is 11.2 Å². The SMILES string of the molecule is C[C@@H](C(=O)N1CCN(c2ccc(S(=O)(=O)Nc3nc(Cl)ncc3C#N)cc2)CC1)N1CCCc2cc(Cl)ccc21. The highest BCUT2D eigenvalue weighted by Gasteiger charge is 2.31. The number of nitrogens with one attached hydrogen (secondary N) is 1. The van der Waals surface area contributed by atoms with Crippen LogP contribution in [-0.2, 0) is 21.2 Å². The van der Waals surface area contributed by atoms with Gasteiger partial charge in [-0.15, -0.1) is 0 Å². The van der Waals surface area contributed by atoms with Crippen LogP contribution in [0.25, 0.3) is 0 Å². The van der Waals surface area contributed by atoms with E-state index in [-0.39, 0.29) is 33.5 Å². The molecule has 0 saturated carbocycles. The molecular weight excluding hydrogens is 573 g/mol. The first-order valence-corrected chi connectivity index (χ1v) is 15.0. The molecule has 1 aromatic heterocycles. The van der Waals surface area contributed by atoms with E-state index in [1.54, 1.807) is 12.1 Å². The zero-order chi connectivity index (χ0) is 28.4. The second-order valence-electron chi connectivity index (χ2n) is 9.67. The van der Waals surface area contributed by atoms with Gasteiger partial charge >= 0.3 is 0 Å². The lowest BCUT2D eigenvalue weighted by molar-refractivity contribution is -0.132. The van der Waals surface area contributed by atoms with Crippen molar-refractivity contribution in [3.8, 4) is 6.07 Å². The van der Waals surface area contributed by atoms with E-state index in [0.29, 0.717) is 31.2 Å². The maximum absolute atomic E-state index is 13.4. The minimum Gasteiger partial charge on any atom is -0.368 e. The fraction of sp³-hybridized carbons (Fsp3) is 0.333. The van der Waals surface area contributed by atoms with Crippen LogP contribution in [0.2, 0.25) is 10.3 Å². The largest absolute Gasteiger partial charge is 0.368 e. The summed E-state index contributed by atoms with van der Waals surface area (Å²) in [5.41, 5.74) is 3.06. The molecule has 13 heteroatoms. The molecule has 1 saturated heterocycles. The lowest BCUT2D eigenvalue weighted by atomic mass is 10.00.